The quantitative estimate of drug-likeness (QED) is 0.280. The van der Waals surface area contributed by atoms with Crippen LogP contribution in [0.3, 0.4) is 0 Å². The summed E-state index contributed by atoms with van der Waals surface area (Å²) in [7, 11) is 0. The summed E-state index contributed by atoms with van der Waals surface area (Å²) in [6.07, 6.45) is 5.81. The SMILES string of the molecule is NC(CC(NC1(CO)CCCCC1)c1ccccc1)=NO. The molecule has 1 fully saturated rings. The highest BCUT2D eigenvalue weighted by Crippen LogP contribution is 2.31. The Hall–Kier alpha value is -1.59. The van der Waals surface area contributed by atoms with E-state index < -0.39 is 0 Å². The van der Waals surface area contributed by atoms with Crippen LogP contribution < -0.4 is 11.1 Å². The number of rotatable bonds is 6. The van der Waals surface area contributed by atoms with E-state index in [2.05, 4.69) is 10.5 Å². The molecule has 0 saturated heterocycles. The lowest BCUT2D eigenvalue weighted by Gasteiger charge is -2.40. The normalized spacial score (nSPS) is 20.1. The third-order valence-corrected chi connectivity index (χ3v) is 4.34. The number of nitrogens with zero attached hydrogens (tertiary/aromatic N) is 1. The summed E-state index contributed by atoms with van der Waals surface area (Å²) in [6.45, 7) is 0.118. The number of nitrogens with one attached hydrogen (secondary N) is 1. The Balaban J connectivity index is 2.18. The maximum Gasteiger partial charge on any atom is 0.141 e. The molecule has 0 spiro atoms. The maximum atomic E-state index is 9.86. The van der Waals surface area contributed by atoms with Crippen LogP contribution in [0.1, 0.15) is 50.1 Å². The Morgan fingerprint density at radius 2 is 1.90 bits per heavy atom. The zero-order chi connectivity index (χ0) is 15.1. The van der Waals surface area contributed by atoms with Gasteiger partial charge < -0.3 is 21.4 Å². The molecule has 0 aromatic heterocycles. The van der Waals surface area contributed by atoms with Crippen LogP contribution >= 0.6 is 0 Å². The van der Waals surface area contributed by atoms with Crippen molar-refractivity contribution in [1.82, 2.24) is 5.32 Å². The molecule has 0 amide bonds. The van der Waals surface area contributed by atoms with Gasteiger partial charge in [-0.05, 0) is 18.4 Å². The van der Waals surface area contributed by atoms with Crippen LogP contribution in [0, 0.1) is 0 Å². The number of aliphatic hydroxyl groups is 1. The average Bonchev–Trinajstić information content (AvgIpc) is 2.56. The number of hydrogen-bond donors (Lipinski definition) is 4. The van der Waals surface area contributed by atoms with Crippen LogP contribution in [-0.2, 0) is 0 Å². The van der Waals surface area contributed by atoms with E-state index in [1.807, 2.05) is 30.3 Å². The van der Waals surface area contributed by atoms with Crippen molar-refractivity contribution in [3.8, 4) is 0 Å². The van der Waals surface area contributed by atoms with Crippen molar-refractivity contribution < 1.29 is 10.3 Å². The highest BCUT2D eigenvalue weighted by Gasteiger charge is 2.33. The molecule has 0 radical (unpaired) electrons. The van der Waals surface area contributed by atoms with Crippen LogP contribution in [-0.4, -0.2) is 28.3 Å². The van der Waals surface area contributed by atoms with E-state index in [4.69, 9.17) is 10.9 Å². The third kappa shape index (κ3) is 4.19. The molecule has 116 valence electrons. The fourth-order valence-electron chi connectivity index (χ4n) is 3.13. The second kappa shape index (κ2) is 7.43. The van der Waals surface area contributed by atoms with Gasteiger partial charge in [-0.3, -0.25) is 0 Å². The predicted octanol–water partition coefficient (Wildman–Crippen LogP) is 2.15. The second-order valence-corrected chi connectivity index (χ2v) is 5.90. The molecule has 2 rings (SSSR count). The topological polar surface area (TPSA) is 90.9 Å². The minimum Gasteiger partial charge on any atom is -0.409 e. The predicted molar refractivity (Wildman–Crippen MR) is 83.2 cm³/mol. The molecule has 5 heteroatoms. The summed E-state index contributed by atoms with van der Waals surface area (Å²) in [4.78, 5) is 0. The summed E-state index contributed by atoms with van der Waals surface area (Å²) in [5, 5.41) is 25.4. The number of benzene rings is 1. The van der Waals surface area contributed by atoms with Gasteiger partial charge in [-0.25, -0.2) is 0 Å². The highest BCUT2D eigenvalue weighted by molar-refractivity contribution is 5.80. The third-order valence-electron chi connectivity index (χ3n) is 4.34. The highest BCUT2D eigenvalue weighted by atomic mass is 16.4. The van der Waals surface area contributed by atoms with Gasteiger partial charge in [0.1, 0.15) is 5.84 Å². The fourth-order valence-corrected chi connectivity index (χ4v) is 3.13. The lowest BCUT2D eigenvalue weighted by molar-refractivity contribution is 0.109. The van der Waals surface area contributed by atoms with Crippen LogP contribution in [0.5, 0.6) is 0 Å². The van der Waals surface area contributed by atoms with E-state index >= 15 is 0 Å². The first-order valence-corrected chi connectivity index (χ1v) is 7.59. The first kappa shape index (κ1) is 15.8. The largest absolute Gasteiger partial charge is 0.409 e. The summed E-state index contributed by atoms with van der Waals surface area (Å²) in [5.74, 6) is 0.195. The molecule has 1 saturated carbocycles. The molecule has 1 aliphatic rings. The van der Waals surface area contributed by atoms with Gasteiger partial charge >= 0.3 is 0 Å². The molecule has 1 aromatic carbocycles. The lowest BCUT2D eigenvalue weighted by atomic mass is 9.81. The van der Waals surface area contributed by atoms with Gasteiger partial charge in [0.15, 0.2) is 0 Å². The van der Waals surface area contributed by atoms with Gasteiger partial charge in [0.05, 0.1) is 6.61 Å². The van der Waals surface area contributed by atoms with E-state index in [-0.39, 0.29) is 24.0 Å². The summed E-state index contributed by atoms with van der Waals surface area (Å²) in [5.41, 5.74) is 6.53. The summed E-state index contributed by atoms with van der Waals surface area (Å²) >= 11 is 0. The fraction of sp³-hybridized carbons (Fsp3) is 0.562. The van der Waals surface area contributed by atoms with Gasteiger partial charge in [0.2, 0.25) is 0 Å². The Kier molecular flexibility index (Phi) is 5.59. The van der Waals surface area contributed by atoms with Crippen LogP contribution in [0.25, 0.3) is 0 Å². The molecule has 0 bridgehead atoms. The van der Waals surface area contributed by atoms with Gasteiger partial charge in [-0.2, -0.15) is 0 Å². The molecule has 5 nitrogen and oxygen atoms in total. The van der Waals surface area contributed by atoms with Crippen molar-refractivity contribution in [1.29, 1.82) is 0 Å². The Morgan fingerprint density at radius 3 is 2.48 bits per heavy atom. The van der Waals surface area contributed by atoms with Gasteiger partial charge in [-0.1, -0.05) is 54.8 Å². The molecular weight excluding hydrogens is 266 g/mol. The number of aliphatic hydroxyl groups excluding tert-OH is 1. The minimum absolute atomic E-state index is 0.0626. The Labute approximate surface area is 125 Å². The van der Waals surface area contributed by atoms with Gasteiger partial charge in [-0.15, -0.1) is 0 Å². The zero-order valence-electron chi connectivity index (χ0n) is 12.3. The molecule has 0 heterocycles. The monoisotopic (exact) mass is 291 g/mol. The first-order valence-electron chi connectivity index (χ1n) is 7.59. The molecule has 1 aliphatic carbocycles. The lowest BCUT2D eigenvalue weighted by Crippen LogP contribution is -2.51. The summed E-state index contributed by atoms with van der Waals surface area (Å²) < 4.78 is 0. The number of hydrogen-bond acceptors (Lipinski definition) is 4. The van der Waals surface area contributed by atoms with Crippen molar-refractivity contribution in [3.05, 3.63) is 35.9 Å². The molecule has 5 N–H and O–H groups in total. The van der Waals surface area contributed by atoms with E-state index in [1.165, 1.54) is 6.42 Å². The second-order valence-electron chi connectivity index (χ2n) is 5.90. The number of oxime groups is 1. The summed E-state index contributed by atoms with van der Waals surface area (Å²) in [6, 6.07) is 9.90. The molecule has 0 aliphatic heterocycles. The van der Waals surface area contributed by atoms with Crippen molar-refractivity contribution in [2.45, 2.75) is 50.1 Å². The van der Waals surface area contributed by atoms with E-state index in [0.717, 1.165) is 31.2 Å². The Morgan fingerprint density at radius 1 is 1.24 bits per heavy atom. The first-order chi connectivity index (χ1) is 10.2. The number of nitrogens with two attached hydrogens (primary N) is 1. The van der Waals surface area contributed by atoms with Crippen LogP contribution in [0.4, 0.5) is 0 Å². The van der Waals surface area contributed by atoms with Gasteiger partial charge in [0.25, 0.3) is 0 Å². The van der Waals surface area contributed by atoms with E-state index in [9.17, 15) is 5.11 Å². The van der Waals surface area contributed by atoms with Crippen LogP contribution in [0.2, 0.25) is 0 Å². The van der Waals surface area contributed by atoms with Crippen LogP contribution in [0.15, 0.2) is 35.5 Å². The van der Waals surface area contributed by atoms with E-state index in [0.29, 0.717) is 6.42 Å². The maximum absolute atomic E-state index is 9.86. The van der Waals surface area contributed by atoms with Gasteiger partial charge in [0, 0.05) is 18.0 Å². The smallest absolute Gasteiger partial charge is 0.141 e. The van der Waals surface area contributed by atoms with Crippen molar-refractivity contribution in [3.63, 3.8) is 0 Å². The standard InChI is InChI=1S/C16H25N3O2/c17-15(19-21)11-14(13-7-3-1-4-8-13)18-16(12-20)9-5-2-6-10-16/h1,3-4,7-8,14,18,20-21H,2,5-6,9-12H2,(H2,17,19). The van der Waals surface area contributed by atoms with E-state index in [1.54, 1.807) is 0 Å². The zero-order valence-corrected chi connectivity index (χ0v) is 12.3. The molecular formula is C16H25N3O2. The average molecular weight is 291 g/mol. The molecule has 1 atom stereocenters. The molecule has 1 unspecified atom stereocenters. The molecule has 1 aromatic rings. The Bertz CT molecular complexity index is 456. The van der Waals surface area contributed by atoms with Crippen molar-refractivity contribution >= 4 is 5.84 Å². The molecule has 21 heavy (non-hydrogen) atoms. The van der Waals surface area contributed by atoms with Crippen molar-refractivity contribution in [2.24, 2.45) is 10.9 Å². The van der Waals surface area contributed by atoms with Crippen molar-refractivity contribution in [2.75, 3.05) is 6.61 Å². The minimum atomic E-state index is -0.255. The number of amidine groups is 1.